The normalized spacial score (nSPS) is 16.8. The van der Waals surface area contributed by atoms with E-state index in [9.17, 15) is 10.2 Å². The number of unbranched alkanes of at least 4 members (excludes halogenated alkanes) is 13. The van der Waals surface area contributed by atoms with E-state index in [-0.39, 0.29) is 0 Å². The van der Waals surface area contributed by atoms with Crippen LogP contribution in [0.25, 0.3) is 0 Å². The second kappa shape index (κ2) is 15.2. The molecule has 0 aliphatic rings. The number of hydrogen-bond donors (Lipinski definition) is 2. The molecule has 0 bridgehead atoms. The smallest absolute Gasteiger partial charge is 0.189 e. The predicted molar refractivity (Wildman–Crippen MR) is 105 cm³/mol. The van der Waals surface area contributed by atoms with Crippen LogP contribution < -0.4 is 0 Å². The fraction of sp³-hybridized carbons (Fsp3) is 1.00. The van der Waals surface area contributed by atoms with Crippen molar-refractivity contribution in [2.75, 3.05) is 13.6 Å². The van der Waals surface area contributed by atoms with Gasteiger partial charge in [0.15, 0.2) is 12.5 Å². The van der Waals surface area contributed by atoms with Gasteiger partial charge in [-0.25, -0.2) is 0 Å². The molecule has 0 saturated heterocycles. The summed E-state index contributed by atoms with van der Waals surface area (Å²) in [7, 11) is 1.94. The van der Waals surface area contributed by atoms with E-state index in [4.69, 9.17) is 0 Å². The average Bonchev–Trinajstić information content (AvgIpc) is 2.54. The minimum atomic E-state index is -0.507. The third kappa shape index (κ3) is 11.4. The maximum atomic E-state index is 9.86. The number of hydrogen-bond acceptors (Lipinski definition) is 2. The van der Waals surface area contributed by atoms with Gasteiger partial charge >= 0.3 is 0 Å². The summed E-state index contributed by atoms with van der Waals surface area (Å²) < 4.78 is 0.345. The van der Waals surface area contributed by atoms with Crippen molar-refractivity contribution in [1.29, 1.82) is 0 Å². The second-order valence-corrected chi connectivity index (χ2v) is 7.93. The van der Waals surface area contributed by atoms with Crippen LogP contribution in [0.3, 0.4) is 0 Å². The largest absolute Gasteiger partial charge is 0.345 e. The van der Waals surface area contributed by atoms with E-state index in [1.165, 1.54) is 83.5 Å². The number of nitrogens with zero attached hydrogens (tertiary/aromatic N) is 1. The van der Waals surface area contributed by atoms with Gasteiger partial charge < -0.3 is 10.2 Å². The molecular weight excluding hydrogens is 298 g/mol. The van der Waals surface area contributed by atoms with Gasteiger partial charge in [0.05, 0.1) is 13.6 Å². The molecule has 0 spiro atoms. The molecule has 2 atom stereocenters. The summed E-state index contributed by atoms with van der Waals surface area (Å²) in [4.78, 5) is 0. The molecule has 0 radical (unpaired) electrons. The topological polar surface area (TPSA) is 40.5 Å². The van der Waals surface area contributed by atoms with E-state index < -0.39 is 12.5 Å². The summed E-state index contributed by atoms with van der Waals surface area (Å²) in [5.74, 6) is 0. The molecule has 0 aromatic heterocycles. The molecule has 24 heavy (non-hydrogen) atoms. The minimum absolute atomic E-state index is 0.345. The number of aliphatic hydroxyl groups is 2. The van der Waals surface area contributed by atoms with Gasteiger partial charge in [0.2, 0.25) is 0 Å². The van der Waals surface area contributed by atoms with Gasteiger partial charge in [0, 0.05) is 13.8 Å². The number of aliphatic hydroxyl groups excluding tert-OH is 2. The van der Waals surface area contributed by atoms with E-state index in [0.29, 0.717) is 4.48 Å². The Labute approximate surface area is 152 Å². The molecule has 3 nitrogen and oxygen atoms in total. The van der Waals surface area contributed by atoms with Gasteiger partial charge in [-0.3, -0.25) is 4.48 Å². The molecule has 0 fully saturated rings. The highest BCUT2D eigenvalue weighted by atomic mass is 16.3. The Bertz CT molecular complexity index is 259. The zero-order valence-corrected chi connectivity index (χ0v) is 17.1. The van der Waals surface area contributed by atoms with Crippen LogP contribution in [0.1, 0.15) is 111 Å². The van der Waals surface area contributed by atoms with Gasteiger partial charge in [-0.2, -0.15) is 0 Å². The summed E-state index contributed by atoms with van der Waals surface area (Å²) in [5.41, 5.74) is 0. The fourth-order valence-electron chi connectivity index (χ4n) is 3.33. The fourth-order valence-corrected chi connectivity index (χ4v) is 3.33. The van der Waals surface area contributed by atoms with Crippen LogP contribution in [0.15, 0.2) is 0 Å². The van der Waals surface area contributed by atoms with Gasteiger partial charge in [0.1, 0.15) is 0 Å². The highest BCUT2D eigenvalue weighted by Crippen LogP contribution is 2.17. The maximum absolute atomic E-state index is 9.86. The van der Waals surface area contributed by atoms with Crippen LogP contribution >= 0.6 is 0 Å². The Kier molecular flexibility index (Phi) is 15.1. The molecule has 0 rings (SSSR count). The van der Waals surface area contributed by atoms with Crippen molar-refractivity contribution in [3.63, 3.8) is 0 Å². The van der Waals surface area contributed by atoms with Crippen molar-refractivity contribution in [2.24, 2.45) is 0 Å². The number of quaternary nitrogens is 1. The van der Waals surface area contributed by atoms with Crippen LogP contribution in [0.5, 0.6) is 0 Å². The molecule has 3 heteroatoms. The summed E-state index contributed by atoms with van der Waals surface area (Å²) in [6.07, 6.45) is 18.0. The molecule has 0 saturated carbocycles. The van der Waals surface area contributed by atoms with E-state index in [2.05, 4.69) is 6.92 Å². The standard InChI is InChI=1S/C21H46NO2/c1-5-6-7-8-9-10-11-12-13-14-15-16-17-18-19-22(4,20(2)23)21(3)24/h20-21,23-24H,5-19H2,1-4H3/q+1. The third-order valence-corrected chi connectivity index (χ3v) is 5.70. The van der Waals surface area contributed by atoms with Crippen LogP contribution in [0.2, 0.25) is 0 Å². The molecule has 0 amide bonds. The van der Waals surface area contributed by atoms with Crippen LogP contribution in [-0.4, -0.2) is 40.7 Å². The first kappa shape index (κ1) is 23.9. The summed E-state index contributed by atoms with van der Waals surface area (Å²) >= 11 is 0. The van der Waals surface area contributed by atoms with Crippen molar-refractivity contribution in [1.82, 2.24) is 0 Å². The van der Waals surface area contributed by atoms with Crippen molar-refractivity contribution in [2.45, 2.75) is 123 Å². The molecule has 0 aliphatic heterocycles. The summed E-state index contributed by atoms with van der Waals surface area (Å²) in [6.45, 7) is 6.68. The van der Waals surface area contributed by atoms with E-state index in [1.807, 2.05) is 7.05 Å². The van der Waals surface area contributed by atoms with E-state index in [0.717, 1.165) is 13.0 Å². The van der Waals surface area contributed by atoms with E-state index >= 15 is 0 Å². The first-order valence-electron chi connectivity index (χ1n) is 10.7. The highest BCUT2D eigenvalue weighted by Gasteiger charge is 2.31. The monoisotopic (exact) mass is 344 g/mol. The lowest BCUT2D eigenvalue weighted by molar-refractivity contribution is -0.990. The Hall–Kier alpha value is -0.120. The predicted octanol–water partition coefficient (Wildman–Crippen LogP) is 5.59. The van der Waals surface area contributed by atoms with Crippen molar-refractivity contribution in [3.05, 3.63) is 0 Å². The van der Waals surface area contributed by atoms with Gasteiger partial charge in [0.25, 0.3) is 0 Å². The Morgan fingerprint density at radius 3 is 1.17 bits per heavy atom. The summed E-state index contributed by atoms with van der Waals surface area (Å²) in [5, 5.41) is 19.7. The molecule has 146 valence electrons. The van der Waals surface area contributed by atoms with Crippen molar-refractivity contribution >= 4 is 0 Å². The van der Waals surface area contributed by atoms with Crippen LogP contribution in [-0.2, 0) is 0 Å². The SMILES string of the molecule is CCCCCCCCCCCCCCCC[N+](C)(C(C)O)C(C)O. The number of rotatable bonds is 17. The lowest BCUT2D eigenvalue weighted by Gasteiger charge is -2.39. The third-order valence-electron chi connectivity index (χ3n) is 5.70. The molecular formula is C21H46NO2+. The molecule has 0 heterocycles. The van der Waals surface area contributed by atoms with Gasteiger partial charge in [-0.1, -0.05) is 84.0 Å². The lowest BCUT2D eigenvalue weighted by Crippen LogP contribution is -2.57. The molecule has 0 aromatic carbocycles. The first-order valence-corrected chi connectivity index (χ1v) is 10.7. The second-order valence-electron chi connectivity index (χ2n) is 7.93. The minimum Gasteiger partial charge on any atom is -0.345 e. The Morgan fingerprint density at radius 2 is 0.875 bits per heavy atom. The Balaban J connectivity index is 3.37. The van der Waals surface area contributed by atoms with Crippen molar-refractivity contribution < 1.29 is 14.7 Å². The quantitative estimate of drug-likeness (QED) is 0.205. The molecule has 0 aromatic rings. The lowest BCUT2D eigenvalue weighted by atomic mass is 10.0. The molecule has 0 aliphatic carbocycles. The zero-order valence-electron chi connectivity index (χ0n) is 17.1. The maximum Gasteiger partial charge on any atom is 0.189 e. The van der Waals surface area contributed by atoms with Crippen molar-refractivity contribution in [3.8, 4) is 0 Å². The van der Waals surface area contributed by atoms with Gasteiger partial charge in [-0.15, -0.1) is 0 Å². The van der Waals surface area contributed by atoms with Crippen LogP contribution in [0, 0.1) is 0 Å². The summed E-state index contributed by atoms with van der Waals surface area (Å²) in [6, 6.07) is 0. The average molecular weight is 345 g/mol. The molecule has 2 unspecified atom stereocenters. The van der Waals surface area contributed by atoms with E-state index in [1.54, 1.807) is 13.8 Å². The van der Waals surface area contributed by atoms with Crippen LogP contribution in [0.4, 0.5) is 0 Å². The molecule has 2 N–H and O–H groups in total. The van der Waals surface area contributed by atoms with Gasteiger partial charge in [-0.05, 0) is 12.8 Å². The first-order chi connectivity index (χ1) is 11.4. The zero-order chi connectivity index (χ0) is 18.3. The Morgan fingerprint density at radius 1 is 0.583 bits per heavy atom. The highest BCUT2D eigenvalue weighted by molar-refractivity contribution is 4.50.